The Balaban J connectivity index is 1.78. The standard InChI is InChI=1S/C12H14/c1-5-2-11-3-7-6(1)8-9(7)12(8,4-11)10(5)11/h5-10H,1-4H2. The lowest BCUT2D eigenvalue weighted by Crippen LogP contribution is -2.64. The molecule has 0 aromatic carbocycles. The second kappa shape index (κ2) is 0.952. The Morgan fingerprint density at radius 2 is 1.92 bits per heavy atom. The van der Waals surface area contributed by atoms with Crippen molar-refractivity contribution in [3.8, 4) is 0 Å². The Morgan fingerprint density at radius 1 is 1.00 bits per heavy atom. The highest BCUT2D eigenvalue weighted by Crippen LogP contribution is 3.02. The quantitative estimate of drug-likeness (QED) is 0.507. The van der Waals surface area contributed by atoms with Crippen LogP contribution in [0.5, 0.6) is 0 Å². The summed E-state index contributed by atoms with van der Waals surface area (Å²) in [5.74, 6) is 7.70. The van der Waals surface area contributed by atoms with Crippen molar-refractivity contribution in [1.82, 2.24) is 0 Å². The zero-order valence-corrected chi connectivity index (χ0v) is 7.29. The van der Waals surface area contributed by atoms with E-state index in [1.54, 1.807) is 25.7 Å². The third-order valence-electron chi connectivity index (χ3n) is 7.25. The Bertz CT molecular complexity index is 334. The summed E-state index contributed by atoms with van der Waals surface area (Å²) in [6, 6.07) is 0. The molecule has 2 spiro atoms. The fraction of sp³-hybridized carbons (Fsp3) is 1.00. The third-order valence-corrected chi connectivity index (χ3v) is 7.25. The van der Waals surface area contributed by atoms with Gasteiger partial charge in [-0.1, -0.05) is 0 Å². The number of hydrogen-bond donors (Lipinski definition) is 0. The lowest BCUT2D eigenvalue weighted by atomic mass is 9.33. The van der Waals surface area contributed by atoms with E-state index in [0.29, 0.717) is 0 Å². The summed E-state index contributed by atoms with van der Waals surface area (Å²) >= 11 is 0. The lowest BCUT2D eigenvalue weighted by molar-refractivity contribution is -0.230. The minimum absolute atomic E-state index is 0.992. The fourth-order valence-corrected chi connectivity index (χ4v) is 7.69. The fourth-order valence-electron chi connectivity index (χ4n) is 7.69. The predicted octanol–water partition coefficient (Wildman–Crippen LogP) is 2.30. The van der Waals surface area contributed by atoms with E-state index in [4.69, 9.17) is 0 Å². The first-order valence-electron chi connectivity index (χ1n) is 5.87. The molecule has 12 heavy (non-hydrogen) atoms. The van der Waals surface area contributed by atoms with Gasteiger partial charge >= 0.3 is 0 Å². The maximum atomic E-state index is 1.71. The highest BCUT2D eigenvalue weighted by Gasteiger charge is 2.96. The van der Waals surface area contributed by atoms with Gasteiger partial charge in [-0.3, -0.25) is 0 Å². The van der Waals surface area contributed by atoms with Crippen LogP contribution in [0.4, 0.5) is 0 Å². The number of fused-ring (bicyclic) bond motifs is 1. The van der Waals surface area contributed by atoms with Crippen LogP contribution in [0.15, 0.2) is 0 Å². The summed E-state index contributed by atoms with van der Waals surface area (Å²) in [5, 5.41) is 0. The Hall–Kier alpha value is 0. The molecule has 2 bridgehead atoms. The van der Waals surface area contributed by atoms with Crippen molar-refractivity contribution in [1.29, 1.82) is 0 Å². The monoisotopic (exact) mass is 158 g/mol. The molecule has 6 aliphatic carbocycles. The van der Waals surface area contributed by atoms with Crippen LogP contribution in [0.2, 0.25) is 0 Å². The van der Waals surface area contributed by atoms with Gasteiger partial charge in [-0.05, 0) is 72.0 Å². The Kier molecular flexibility index (Phi) is 0.398. The Labute approximate surface area is 72.7 Å². The van der Waals surface area contributed by atoms with Crippen LogP contribution in [0.1, 0.15) is 25.7 Å². The smallest absolute Gasteiger partial charge is 0.0188 e. The van der Waals surface area contributed by atoms with Gasteiger partial charge in [0.2, 0.25) is 0 Å². The van der Waals surface area contributed by atoms with E-state index in [-0.39, 0.29) is 0 Å². The molecule has 6 fully saturated rings. The molecule has 0 heterocycles. The first-order chi connectivity index (χ1) is 5.87. The van der Waals surface area contributed by atoms with Gasteiger partial charge in [-0.25, -0.2) is 0 Å². The van der Waals surface area contributed by atoms with E-state index in [1.165, 1.54) is 35.5 Å². The van der Waals surface area contributed by atoms with E-state index in [2.05, 4.69) is 0 Å². The van der Waals surface area contributed by atoms with Crippen LogP contribution in [0, 0.1) is 46.3 Å². The summed E-state index contributed by atoms with van der Waals surface area (Å²) in [6.07, 6.45) is 6.76. The van der Waals surface area contributed by atoms with Crippen molar-refractivity contribution in [2.75, 3.05) is 0 Å². The third kappa shape index (κ3) is 0.211. The predicted molar refractivity (Wildman–Crippen MR) is 44.3 cm³/mol. The SMILES string of the molecule is C1C2CC34CC5C1C1C5C1(C3)C24. The minimum Gasteiger partial charge on any atom is -0.0467 e. The Morgan fingerprint density at radius 3 is 2.92 bits per heavy atom. The van der Waals surface area contributed by atoms with Gasteiger partial charge in [0.25, 0.3) is 0 Å². The molecule has 0 radical (unpaired) electrons. The second-order valence-electron chi connectivity index (χ2n) is 6.91. The van der Waals surface area contributed by atoms with Crippen LogP contribution < -0.4 is 0 Å². The maximum absolute atomic E-state index is 1.71. The highest BCUT2D eigenvalue weighted by molar-refractivity contribution is 5.44. The van der Waals surface area contributed by atoms with Crippen LogP contribution in [-0.4, -0.2) is 0 Å². The van der Waals surface area contributed by atoms with E-state index in [1.807, 2.05) is 0 Å². The average Bonchev–Trinajstić information content (AvgIpc) is 2.62. The van der Waals surface area contributed by atoms with Crippen molar-refractivity contribution < 1.29 is 0 Å². The molecule has 8 atom stereocenters. The summed E-state index contributed by atoms with van der Waals surface area (Å²) in [4.78, 5) is 0. The number of hydrogen-bond acceptors (Lipinski definition) is 0. The molecule has 6 rings (SSSR count). The molecule has 6 aliphatic rings. The number of rotatable bonds is 0. The minimum atomic E-state index is 0.992. The summed E-state index contributed by atoms with van der Waals surface area (Å²) in [5.41, 5.74) is 2.04. The zero-order chi connectivity index (χ0) is 7.29. The molecule has 0 nitrogen and oxygen atoms in total. The van der Waals surface area contributed by atoms with E-state index < -0.39 is 0 Å². The molecule has 62 valence electrons. The molecular formula is C12H14. The van der Waals surface area contributed by atoms with Crippen molar-refractivity contribution in [2.45, 2.75) is 25.7 Å². The van der Waals surface area contributed by atoms with Gasteiger partial charge < -0.3 is 0 Å². The van der Waals surface area contributed by atoms with E-state index in [9.17, 15) is 0 Å². The molecule has 0 aliphatic heterocycles. The van der Waals surface area contributed by atoms with E-state index >= 15 is 0 Å². The van der Waals surface area contributed by atoms with Crippen molar-refractivity contribution in [3.63, 3.8) is 0 Å². The molecular weight excluding hydrogens is 144 g/mol. The van der Waals surface area contributed by atoms with Crippen molar-refractivity contribution in [3.05, 3.63) is 0 Å². The lowest BCUT2D eigenvalue weighted by Gasteiger charge is -2.71. The van der Waals surface area contributed by atoms with Crippen molar-refractivity contribution >= 4 is 0 Å². The first kappa shape index (κ1) is 5.02. The first-order valence-corrected chi connectivity index (χ1v) is 5.87. The van der Waals surface area contributed by atoms with Crippen LogP contribution >= 0.6 is 0 Å². The van der Waals surface area contributed by atoms with Gasteiger partial charge in [0.05, 0.1) is 0 Å². The van der Waals surface area contributed by atoms with Crippen LogP contribution in [0.3, 0.4) is 0 Å². The molecule has 0 heteroatoms. The largest absolute Gasteiger partial charge is 0.0467 e. The van der Waals surface area contributed by atoms with Gasteiger partial charge in [0, 0.05) is 0 Å². The molecule has 0 amide bonds. The summed E-state index contributed by atoms with van der Waals surface area (Å²) in [6.45, 7) is 0. The van der Waals surface area contributed by atoms with Gasteiger partial charge in [0.1, 0.15) is 0 Å². The average molecular weight is 158 g/mol. The van der Waals surface area contributed by atoms with Gasteiger partial charge in [-0.2, -0.15) is 0 Å². The molecule has 0 saturated heterocycles. The second-order valence-corrected chi connectivity index (χ2v) is 6.91. The molecule has 0 aromatic rings. The molecule has 0 aromatic heterocycles. The molecule has 6 saturated carbocycles. The van der Waals surface area contributed by atoms with E-state index in [0.717, 1.165) is 10.8 Å². The maximum Gasteiger partial charge on any atom is -0.0188 e. The molecule has 8 unspecified atom stereocenters. The summed E-state index contributed by atoms with van der Waals surface area (Å²) < 4.78 is 0. The highest BCUT2D eigenvalue weighted by atomic mass is 15.0. The topological polar surface area (TPSA) is 0 Å². The zero-order valence-electron chi connectivity index (χ0n) is 7.29. The van der Waals surface area contributed by atoms with Gasteiger partial charge in [-0.15, -0.1) is 0 Å². The normalized spacial score (nSPS) is 94.0. The van der Waals surface area contributed by atoms with Crippen molar-refractivity contribution in [2.24, 2.45) is 46.3 Å². The van der Waals surface area contributed by atoms with Gasteiger partial charge in [0.15, 0.2) is 0 Å². The van der Waals surface area contributed by atoms with Crippen LogP contribution in [0.25, 0.3) is 0 Å². The molecule has 0 N–H and O–H groups in total. The van der Waals surface area contributed by atoms with Crippen LogP contribution in [-0.2, 0) is 0 Å². The summed E-state index contributed by atoms with van der Waals surface area (Å²) in [7, 11) is 0.